The summed E-state index contributed by atoms with van der Waals surface area (Å²) in [5.74, 6) is 0.264. The van der Waals surface area contributed by atoms with Gasteiger partial charge < -0.3 is 10.4 Å². The number of benzene rings is 1. The van der Waals surface area contributed by atoms with Crippen LogP contribution in [0.2, 0.25) is 5.02 Å². The summed E-state index contributed by atoms with van der Waals surface area (Å²) in [5, 5.41) is 18.2. The first-order valence-electron chi connectivity index (χ1n) is 9.12. The smallest absolute Gasteiger partial charge is 0.322 e. The number of fused-ring (bicyclic) bond motifs is 1. The van der Waals surface area contributed by atoms with Gasteiger partial charge >= 0.3 is 6.03 Å². The Balaban J connectivity index is 1.39. The number of nitrogens with zero attached hydrogens (tertiary/aromatic N) is 3. The number of nitrogens with one attached hydrogen (secondary N) is 1. The molecule has 1 aromatic carbocycles. The number of carbonyl (C=O) groups excluding carboxylic acids is 1. The van der Waals surface area contributed by atoms with Crippen LogP contribution in [0.4, 0.5) is 10.5 Å². The molecule has 0 radical (unpaired) electrons. The van der Waals surface area contributed by atoms with Gasteiger partial charge in [0.05, 0.1) is 23.4 Å². The van der Waals surface area contributed by atoms with Crippen LogP contribution in [0.25, 0.3) is 0 Å². The summed E-state index contributed by atoms with van der Waals surface area (Å²) in [4.78, 5) is 14.6. The Hall–Kier alpha value is -2.05. The highest BCUT2D eigenvalue weighted by Gasteiger charge is 2.35. The Morgan fingerprint density at radius 1 is 1.35 bits per heavy atom. The van der Waals surface area contributed by atoms with E-state index in [1.807, 2.05) is 18.2 Å². The molecule has 2 aromatic rings. The number of anilines is 1. The standard InChI is InChI=1S/C19H23ClN4O2/c20-15-10-21-23(12-15)11-13-8-16(18(25)9-13)22-19(26)24-7-3-5-14-4-1-2-6-17(14)24/h1-2,4,6,10,12-13,16,18,25H,3,5,7-9,11H2,(H,22,26)/t13?,16-,18-/m1/s1. The average molecular weight is 375 g/mol. The van der Waals surface area contributed by atoms with Crippen LogP contribution in [-0.4, -0.2) is 39.6 Å². The number of aliphatic hydroxyl groups excluding tert-OH is 1. The number of urea groups is 1. The number of aromatic nitrogens is 2. The molecule has 1 aliphatic heterocycles. The van der Waals surface area contributed by atoms with Crippen molar-refractivity contribution in [1.82, 2.24) is 15.1 Å². The lowest BCUT2D eigenvalue weighted by atomic mass is 10.0. The maximum absolute atomic E-state index is 12.8. The van der Waals surface area contributed by atoms with Crippen LogP contribution >= 0.6 is 11.6 Å². The summed E-state index contributed by atoms with van der Waals surface area (Å²) in [7, 11) is 0. The van der Waals surface area contributed by atoms with Gasteiger partial charge in [-0.25, -0.2) is 4.79 Å². The Kier molecular flexibility index (Phi) is 4.87. The molecule has 7 heteroatoms. The van der Waals surface area contributed by atoms with E-state index in [1.165, 1.54) is 5.56 Å². The molecular weight excluding hydrogens is 352 g/mol. The summed E-state index contributed by atoms with van der Waals surface area (Å²) in [6.45, 7) is 1.41. The van der Waals surface area contributed by atoms with Gasteiger partial charge in [0.15, 0.2) is 0 Å². The number of hydrogen-bond acceptors (Lipinski definition) is 3. The number of rotatable bonds is 3. The zero-order valence-corrected chi connectivity index (χ0v) is 15.3. The molecule has 3 atom stereocenters. The molecule has 6 nitrogen and oxygen atoms in total. The van der Waals surface area contributed by atoms with Gasteiger partial charge in [-0.15, -0.1) is 0 Å². The molecule has 0 saturated heterocycles. The van der Waals surface area contributed by atoms with E-state index in [0.717, 1.165) is 24.9 Å². The van der Waals surface area contributed by atoms with Gasteiger partial charge in [-0.05, 0) is 43.2 Å². The van der Waals surface area contributed by atoms with Crippen molar-refractivity contribution in [1.29, 1.82) is 0 Å². The second kappa shape index (κ2) is 7.29. The van der Waals surface area contributed by atoms with Crippen molar-refractivity contribution >= 4 is 23.3 Å². The highest BCUT2D eigenvalue weighted by atomic mass is 35.5. The zero-order chi connectivity index (χ0) is 18.1. The third kappa shape index (κ3) is 3.57. The summed E-state index contributed by atoms with van der Waals surface area (Å²) in [5.41, 5.74) is 2.18. The minimum atomic E-state index is -0.532. The molecule has 1 unspecified atom stereocenters. The maximum Gasteiger partial charge on any atom is 0.322 e. The molecule has 1 fully saturated rings. The van der Waals surface area contributed by atoms with Gasteiger partial charge in [0.25, 0.3) is 0 Å². The van der Waals surface area contributed by atoms with E-state index in [9.17, 15) is 9.90 Å². The summed E-state index contributed by atoms with van der Waals surface area (Å²) in [6, 6.07) is 7.68. The molecule has 1 aliphatic carbocycles. The maximum atomic E-state index is 12.8. The van der Waals surface area contributed by atoms with Gasteiger partial charge in [0, 0.05) is 25.0 Å². The van der Waals surface area contributed by atoms with Crippen LogP contribution in [0.15, 0.2) is 36.7 Å². The molecule has 138 valence electrons. The topological polar surface area (TPSA) is 70.4 Å². The Bertz CT molecular complexity index is 793. The fraction of sp³-hybridized carbons (Fsp3) is 0.474. The molecule has 4 rings (SSSR count). The molecule has 0 spiro atoms. The average Bonchev–Trinajstić information content (AvgIpc) is 3.19. The van der Waals surface area contributed by atoms with Crippen molar-refractivity contribution in [2.75, 3.05) is 11.4 Å². The highest BCUT2D eigenvalue weighted by molar-refractivity contribution is 6.30. The minimum absolute atomic E-state index is 0.121. The molecule has 2 N–H and O–H groups in total. The van der Waals surface area contributed by atoms with Crippen molar-refractivity contribution in [3.05, 3.63) is 47.2 Å². The predicted octanol–water partition coefficient (Wildman–Crippen LogP) is 2.84. The molecular formula is C19H23ClN4O2. The second-order valence-corrected chi connectivity index (χ2v) is 7.66. The first-order valence-corrected chi connectivity index (χ1v) is 9.50. The van der Waals surface area contributed by atoms with E-state index in [-0.39, 0.29) is 18.0 Å². The van der Waals surface area contributed by atoms with Crippen LogP contribution in [-0.2, 0) is 13.0 Å². The van der Waals surface area contributed by atoms with Crippen molar-refractivity contribution < 1.29 is 9.90 Å². The van der Waals surface area contributed by atoms with Crippen LogP contribution in [0.5, 0.6) is 0 Å². The van der Waals surface area contributed by atoms with E-state index < -0.39 is 6.10 Å². The quantitative estimate of drug-likeness (QED) is 0.867. The van der Waals surface area contributed by atoms with Gasteiger partial charge in [-0.1, -0.05) is 29.8 Å². The van der Waals surface area contributed by atoms with Crippen LogP contribution in [0.3, 0.4) is 0 Å². The molecule has 2 amide bonds. The number of para-hydroxylation sites is 1. The van der Waals surface area contributed by atoms with E-state index in [2.05, 4.69) is 16.5 Å². The Morgan fingerprint density at radius 2 is 2.19 bits per heavy atom. The van der Waals surface area contributed by atoms with Crippen molar-refractivity contribution in [2.24, 2.45) is 5.92 Å². The largest absolute Gasteiger partial charge is 0.391 e. The number of carbonyl (C=O) groups is 1. The zero-order valence-electron chi connectivity index (χ0n) is 14.5. The number of halogens is 1. The lowest BCUT2D eigenvalue weighted by molar-refractivity contribution is 0.147. The molecule has 1 aromatic heterocycles. The summed E-state index contributed by atoms with van der Waals surface area (Å²) >= 11 is 5.90. The van der Waals surface area contributed by atoms with Gasteiger partial charge in [-0.3, -0.25) is 9.58 Å². The second-order valence-electron chi connectivity index (χ2n) is 7.23. The fourth-order valence-corrected chi connectivity index (χ4v) is 4.26. The van der Waals surface area contributed by atoms with Gasteiger partial charge in [-0.2, -0.15) is 5.10 Å². The van der Waals surface area contributed by atoms with E-state index in [1.54, 1.807) is 22.0 Å². The molecule has 2 aliphatic rings. The van der Waals surface area contributed by atoms with Gasteiger partial charge in [0.2, 0.25) is 0 Å². The Labute approximate surface area is 157 Å². The van der Waals surface area contributed by atoms with E-state index >= 15 is 0 Å². The number of amides is 2. The first-order chi connectivity index (χ1) is 12.6. The monoisotopic (exact) mass is 374 g/mol. The van der Waals surface area contributed by atoms with E-state index in [4.69, 9.17) is 11.6 Å². The minimum Gasteiger partial charge on any atom is -0.391 e. The number of aryl methyl sites for hydroxylation is 1. The molecule has 26 heavy (non-hydrogen) atoms. The lowest BCUT2D eigenvalue weighted by Crippen LogP contribution is -2.49. The number of hydrogen-bond donors (Lipinski definition) is 2. The fourth-order valence-electron chi connectivity index (χ4n) is 4.11. The highest BCUT2D eigenvalue weighted by Crippen LogP contribution is 2.30. The van der Waals surface area contributed by atoms with Gasteiger partial charge in [0.1, 0.15) is 0 Å². The lowest BCUT2D eigenvalue weighted by Gasteiger charge is -2.31. The first kappa shape index (κ1) is 17.4. The van der Waals surface area contributed by atoms with Crippen LogP contribution in [0.1, 0.15) is 24.8 Å². The molecule has 1 saturated carbocycles. The summed E-state index contributed by atoms with van der Waals surface area (Å²) < 4.78 is 1.80. The van der Waals surface area contributed by atoms with Crippen LogP contribution < -0.4 is 10.2 Å². The normalized spacial score (nSPS) is 25.2. The molecule has 0 bridgehead atoms. The van der Waals surface area contributed by atoms with Crippen molar-refractivity contribution in [2.45, 2.75) is 44.4 Å². The van der Waals surface area contributed by atoms with Crippen molar-refractivity contribution in [3.63, 3.8) is 0 Å². The molecule has 2 heterocycles. The Morgan fingerprint density at radius 3 is 3.00 bits per heavy atom. The third-order valence-corrected chi connectivity index (χ3v) is 5.53. The summed E-state index contributed by atoms with van der Waals surface area (Å²) in [6.07, 6.45) is 6.21. The van der Waals surface area contributed by atoms with Crippen molar-refractivity contribution in [3.8, 4) is 0 Å². The third-order valence-electron chi connectivity index (χ3n) is 5.34. The SMILES string of the molecule is O=C(N[C@@H]1CC(Cn2cc(Cl)cn2)C[C@H]1O)N1CCCc2ccccc21. The predicted molar refractivity (Wildman–Crippen MR) is 100 cm³/mol. The van der Waals surface area contributed by atoms with E-state index in [0.29, 0.717) is 24.5 Å². The number of aliphatic hydroxyl groups is 1. The van der Waals surface area contributed by atoms with Crippen LogP contribution in [0, 0.1) is 5.92 Å².